The Labute approximate surface area is 459 Å². The molecule has 0 radical (unpaired) electrons. The van der Waals surface area contributed by atoms with Gasteiger partial charge in [0, 0.05) is 51.3 Å². The van der Waals surface area contributed by atoms with Gasteiger partial charge in [-0.05, 0) is 159 Å². The first-order valence-corrected chi connectivity index (χ1v) is 28.6. The lowest BCUT2D eigenvalue weighted by atomic mass is 9.53. The molecule has 3 aliphatic carbocycles. The molecule has 5 heterocycles. The van der Waals surface area contributed by atoms with Crippen LogP contribution in [0.15, 0.2) is 85.4 Å². The number of nitriles is 1. The number of hydrogen-bond acceptors (Lipinski definition) is 13. The molecular weight excluding hydrogens is 993 g/mol. The standard InChI is InChI=1S/C63H82N2O13/c1-4-6-7-13-49-34-60(26-22-54-61(24-8-9-25-61)47(33-62(54,73)40-60)30-41-16-18-44(19-17-41)58(71)72)50-35-63(78-49)57(70)55(69)56(53(15-10-28-66)75-29-11-14-52(50)68)77-59(63)76-48-21-20-43(12-5-2)45(32-48)31-46(39-74-3)51(38-67)65-27-23-42(36-64)37-65/h5,16-21,23,27,32,34,37,46-47,50-57,59,66-70,73H,2,4,6-10,12-15,22,24-26,28,30-31,33,35,38-40H2,1,3H3,(H,71,72). The number of methoxy groups -OCH3 is 1. The zero-order valence-corrected chi connectivity index (χ0v) is 45.5. The van der Waals surface area contributed by atoms with E-state index >= 15 is 0 Å². The first-order chi connectivity index (χ1) is 37.7. The molecule has 3 spiro atoms. The molecule has 3 aromatic rings. The zero-order valence-electron chi connectivity index (χ0n) is 45.5. The van der Waals surface area contributed by atoms with Gasteiger partial charge in [-0.25, -0.2) is 4.79 Å². The summed E-state index contributed by atoms with van der Waals surface area (Å²) in [7, 11) is 1.61. The van der Waals surface area contributed by atoms with Gasteiger partial charge in [-0.2, -0.15) is 5.26 Å². The molecule has 14 unspecified atom stereocenters. The molecule has 1 aromatic heterocycles. The van der Waals surface area contributed by atoms with E-state index in [4.69, 9.17) is 23.7 Å². The Balaban J connectivity index is 1.13. The summed E-state index contributed by atoms with van der Waals surface area (Å²) >= 11 is 0. The molecule has 14 atom stereocenters. The van der Waals surface area contributed by atoms with Crippen molar-refractivity contribution in [2.24, 2.45) is 34.5 Å². The van der Waals surface area contributed by atoms with Crippen LogP contribution in [0.5, 0.6) is 5.75 Å². The lowest BCUT2D eigenvalue weighted by molar-refractivity contribution is -0.337. The van der Waals surface area contributed by atoms with Gasteiger partial charge in [0.2, 0.25) is 6.29 Å². The summed E-state index contributed by atoms with van der Waals surface area (Å²) in [6.07, 6.45) is 13.9. The van der Waals surface area contributed by atoms with Crippen molar-refractivity contribution in [3.05, 3.63) is 113 Å². The predicted molar refractivity (Wildman–Crippen MR) is 291 cm³/mol. The average Bonchev–Trinajstić information content (AvgIpc) is 4.15. The molecule has 15 heteroatoms. The van der Waals surface area contributed by atoms with E-state index in [1.807, 2.05) is 41.0 Å². The molecule has 7 N–H and O–H groups in total. The molecule has 422 valence electrons. The molecular formula is C63H82N2O13. The highest BCUT2D eigenvalue weighted by molar-refractivity contribution is 5.87. The number of carboxylic acids is 1. The van der Waals surface area contributed by atoms with E-state index in [1.54, 1.807) is 37.7 Å². The summed E-state index contributed by atoms with van der Waals surface area (Å²) in [4.78, 5) is 11.8. The van der Waals surface area contributed by atoms with Gasteiger partial charge in [-0.1, -0.05) is 62.8 Å². The van der Waals surface area contributed by atoms with E-state index in [9.17, 15) is 45.8 Å². The van der Waals surface area contributed by atoms with E-state index < -0.39 is 71.4 Å². The Bertz CT molecular complexity index is 2680. The van der Waals surface area contributed by atoms with Crippen molar-refractivity contribution in [1.29, 1.82) is 5.26 Å². The summed E-state index contributed by atoms with van der Waals surface area (Å²) in [5, 5.41) is 92.2. The summed E-state index contributed by atoms with van der Waals surface area (Å²) in [5.41, 5.74) is -0.385. The number of benzene rings is 2. The van der Waals surface area contributed by atoms with Crippen LogP contribution in [0.3, 0.4) is 0 Å². The number of carbonyl (C=O) groups is 1. The van der Waals surface area contributed by atoms with Crippen molar-refractivity contribution in [2.75, 3.05) is 26.9 Å². The quantitative estimate of drug-likeness (QED) is 0.0304. The lowest BCUT2D eigenvalue weighted by Crippen LogP contribution is -2.71. The number of aliphatic hydroxyl groups is 6. The van der Waals surface area contributed by atoms with Crippen molar-refractivity contribution in [3.8, 4) is 23.8 Å². The second kappa shape index (κ2) is 24.7. The highest BCUT2D eigenvalue weighted by Gasteiger charge is 2.69. The van der Waals surface area contributed by atoms with Crippen LogP contribution in [0.4, 0.5) is 0 Å². The second-order valence-corrected chi connectivity index (χ2v) is 23.7. The third-order valence-electron chi connectivity index (χ3n) is 19.1. The van der Waals surface area contributed by atoms with Crippen molar-refractivity contribution in [2.45, 2.75) is 183 Å². The van der Waals surface area contributed by atoms with Gasteiger partial charge in [0.25, 0.3) is 0 Å². The first kappa shape index (κ1) is 57.5. The van der Waals surface area contributed by atoms with Crippen LogP contribution in [0.25, 0.3) is 0 Å². The lowest BCUT2D eigenvalue weighted by Gasteiger charge is -2.55. The van der Waals surface area contributed by atoms with Crippen molar-refractivity contribution >= 4 is 5.97 Å². The second-order valence-electron chi connectivity index (χ2n) is 23.7. The van der Waals surface area contributed by atoms with Crippen LogP contribution in [0, 0.1) is 57.9 Å². The van der Waals surface area contributed by atoms with Gasteiger partial charge in [-0.3, -0.25) is 0 Å². The van der Waals surface area contributed by atoms with Gasteiger partial charge in [0.15, 0.2) is 5.60 Å². The number of rotatable bonds is 21. The topological polar surface area (TPSA) is 234 Å². The Kier molecular flexibility index (Phi) is 18.2. The van der Waals surface area contributed by atoms with Crippen LogP contribution in [-0.4, -0.2) is 121 Å². The van der Waals surface area contributed by atoms with Crippen molar-refractivity contribution < 1.29 is 64.2 Å². The monoisotopic (exact) mass is 1070 g/mol. The minimum atomic E-state index is -1.84. The predicted octanol–water partition coefficient (Wildman–Crippen LogP) is 8.11. The fraction of sp³-hybridized carbons (Fsp3) is 0.619. The van der Waals surface area contributed by atoms with Gasteiger partial charge in [0.05, 0.1) is 47.8 Å². The molecule has 10 rings (SSSR count). The molecule has 3 bridgehead atoms. The maximum atomic E-state index is 13.6. The largest absolute Gasteiger partial charge is 0.482 e. The smallest absolute Gasteiger partial charge is 0.335 e. The van der Waals surface area contributed by atoms with Crippen LogP contribution >= 0.6 is 0 Å². The first-order valence-electron chi connectivity index (χ1n) is 28.6. The van der Waals surface area contributed by atoms with Gasteiger partial charge >= 0.3 is 5.97 Å². The summed E-state index contributed by atoms with van der Waals surface area (Å²) in [6, 6.07) is 16.3. The number of aromatic carboxylic acids is 1. The van der Waals surface area contributed by atoms with E-state index in [1.165, 1.54) is 0 Å². The number of ether oxygens (including phenoxy) is 5. The summed E-state index contributed by atoms with van der Waals surface area (Å²) in [6.45, 7) is 6.07. The van der Waals surface area contributed by atoms with Crippen molar-refractivity contribution in [3.63, 3.8) is 0 Å². The maximum absolute atomic E-state index is 13.6. The zero-order chi connectivity index (χ0) is 55.2. The molecule has 2 aromatic carbocycles. The molecule has 15 nitrogen and oxygen atoms in total. The molecule has 4 aliphatic heterocycles. The Morgan fingerprint density at radius 1 is 1.04 bits per heavy atom. The number of hydrogen-bond donors (Lipinski definition) is 7. The molecule has 0 amide bonds. The van der Waals surface area contributed by atoms with Crippen LogP contribution < -0.4 is 4.74 Å². The number of aromatic nitrogens is 1. The number of carboxylic acid groups (broad SMARTS) is 1. The van der Waals surface area contributed by atoms with Crippen molar-refractivity contribution in [1.82, 2.24) is 4.57 Å². The molecule has 7 aliphatic rings. The third kappa shape index (κ3) is 11.4. The maximum Gasteiger partial charge on any atom is 0.335 e. The van der Waals surface area contributed by atoms with Crippen LogP contribution in [-0.2, 0) is 38.2 Å². The minimum Gasteiger partial charge on any atom is -0.482 e. The molecule has 78 heavy (non-hydrogen) atoms. The van der Waals surface area contributed by atoms with Crippen LogP contribution in [0.2, 0.25) is 0 Å². The SMILES string of the molecule is C=CCc1ccc(OC2OC3C(CCCO)OC#CCC(O)C4CC2(OC(CCCCC)=CC42CCC4C(O)(CC(Cc5ccc(C(=O)O)cc5)C45CCCC5)C2)C(O)C3O)cc1CC(COC)C(CO)n1ccc(C#N)c1. The average molecular weight is 1080 g/mol. The summed E-state index contributed by atoms with van der Waals surface area (Å²) < 4.78 is 35.3. The molecule has 3 saturated carbocycles. The number of fused-ring (bicyclic) bond motifs is 8. The highest BCUT2D eigenvalue weighted by Crippen LogP contribution is 2.70. The number of unbranched alkanes of at least 4 members (excludes halogenated alkanes) is 2. The number of allylic oxidation sites excluding steroid dienone is 3. The third-order valence-corrected chi connectivity index (χ3v) is 19.1. The van der Waals surface area contributed by atoms with Gasteiger partial charge in [-0.15, -0.1) is 6.58 Å². The van der Waals surface area contributed by atoms with Gasteiger partial charge < -0.3 is 64.0 Å². The Morgan fingerprint density at radius 3 is 2.53 bits per heavy atom. The van der Waals surface area contributed by atoms with E-state index in [0.29, 0.717) is 68.4 Å². The Hall–Kier alpha value is -5.20. The fourth-order valence-electron chi connectivity index (χ4n) is 15.5. The highest BCUT2D eigenvalue weighted by atomic mass is 16.7. The molecule has 1 saturated heterocycles. The Morgan fingerprint density at radius 2 is 1.83 bits per heavy atom. The minimum absolute atomic E-state index is 0.0110. The normalized spacial score (nSPS) is 32.7. The molecule has 4 fully saturated rings. The van der Waals surface area contributed by atoms with E-state index in [-0.39, 0.29) is 74.2 Å². The number of aliphatic hydroxyl groups excluding tert-OH is 5. The van der Waals surface area contributed by atoms with E-state index in [0.717, 1.165) is 61.6 Å². The van der Waals surface area contributed by atoms with Gasteiger partial charge in [0.1, 0.15) is 42.3 Å². The van der Waals surface area contributed by atoms with Crippen LogP contribution in [0.1, 0.15) is 148 Å². The van der Waals surface area contributed by atoms with E-state index in [2.05, 4.69) is 37.7 Å². The summed E-state index contributed by atoms with van der Waals surface area (Å²) in [5.74, 6) is 2.21. The fourth-order valence-corrected chi connectivity index (χ4v) is 15.5. The number of nitrogens with zero attached hydrogens (tertiary/aromatic N) is 2.